The van der Waals surface area contributed by atoms with Crippen LogP contribution in [0.1, 0.15) is 39.5 Å². The van der Waals surface area contributed by atoms with E-state index in [1.165, 1.54) is 25.7 Å². The van der Waals surface area contributed by atoms with E-state index < -0.39 is 0 Å². The molecule has 0 aliphatic carbocycles. The molecule has 0 radical (unpaired) electrons. The second-order valence-corrected chi connectivity index (χ2v) is 2.32. The van der Waals surface area contributed by atoms with E-state index in [9.17, 15) is 0 Å². The van der Waals surface area contributed by atoms with Crippen LogP contribution in [0.5, 0.6) is 0 Å². The SMILES string of the molecule is CCCCOCCCC.[Na+].[OH-]. The van der Waals surface area contributed by atoms with E-state index in [4.69, 9.17) is 4.74 Å². The van der Waals surface area contributed by atoms with Gasteiger partial charge in [0.05, 0.1) is 0 Å². The fraction of sp³-hybridized carbons (Fsp3) is 1.00. The molecule has 3 heteroatoms. The zero-order valence-electron chi connectivity index (χ0n) is 8.10. The van der Waals surface area contributed by atoms with E-state index in [0.29, 0.717) is 0 Å². The van der Waals surface area contributed by atoms with E-state index in [1.807, 2.05) is 0 Å². The van der Waals surface area contributed by atoms with Crippen LogP contribution in [0.4, 0.5) is 0 Å². The molecule has 0 fully saturated rings. The predicted molar refractivity (Wildman–Crippen MR) is 42.6 cm³/mol. The fourth-order valence-corrected chi connectivity index (χ4v) is 0.595. The Hall–Kier alpha value is 0.920. The number of rotatable bonds is 6. The molecule has 0 spiro atoms. The Morgan fingerprint density at radius 1 is 0.909 bits per heavy atom. The minimum Gasteiger partial charge on any atom is -0.870 e. The second-order valence-electron chi connectivity index (χ2n) is 2.32. The molecule has 0 bridgehead atoms. The first-order valence-corrected chi connectivity index (χ1v) is 3.99. The molecule has 0 aromatic rings. The van der Waals surface area contributed by atoms with Crippen LogP contribution in [0.25, 0.3) is 0 Å². The summed E-state index contributed by atoms with van der Waals surface area (Å²) in [6.07, 6.45) is 4.91. The number of hydrogen-bond acceptors (Lipinski definition) is 2. The summed E-state index contributed by atoms with van der Waals surface area (Å²) in [4.78, 5) is 0. The maximum Gasteiger partial charge on any atom is 1.00 e. The van der Waals surface area contributed by atoms with Gasteiger partial charge in [-0.05, 0) is 12.8 Å². The van der Waals surface area contributed by atoms with Gasteiger partial charge in [0, 0.05) is 13.2 Å². The van der Waals surface area contributed by atoms with Crippen molar-refractivity contribution < 1.29 is 39.8 Å². The van der Waals surface area contributed by atoms with Crippen LogP contribution in [-0.4, -0.2) is 18.7 Å². The summed E-state index contributed by atoms with van der Waals surface area (Å²) in [5, 5.41) is 0. The average Bonchev–Trinajstić information content (AvgIpc) is 1.89. The monoisotopic (exact) mass is 170 g/mol. The van der Waals surface area contributed by atoms with Crippen LogP contribution in [0, 0.1) is 0 Å². The van der Waals surface area contributed by atoms with Crippen molar-refractivity contribution in [1.82, 2.24) is 0 Å². The smallest absolute Gasteiger partial charge is 0.870 e. The van der Waals surface area contributed by atoms with Gasteiger partial charge in [-0.15, -0.1) is 0 Å². The van der Waals surface area contributed by atoms with Crippen molar-refractivity contribution in [2.24, 2.45) is 0 Å². The quantitative estimate of drug-likeness (QED) is 0.395. The summed E-state index contributed by atoms with van der Waals surface area (Å²) in [5.74, 6) is 0. The molecular weight excluding hydrogens is 151 g/mol. The normalized spacial score (nSPS) is 8.18. The van der Waals surface area contributed by atoms with Crippen LogP contribution < -0.4 is 29.6 Å². The van der Waals surface area contributed by atoms with Crippen LogP contribution >= 0.6 is 0 Å². The first-order chi connectivity index (χ1) is 4.41. The largest absolute Gasteiger partial charge is 1.00 e. The van der Waals surface area contributed by atoms with E-state index in [0.717, 1.165) is 13.2 Å². The molecule has 0 unspecified atom stereocenters. The Balaban J connectivity index is -0.000000320. The first kappa shape index (κ1) is 17.9. The molecule has 0 heterocycles. The van der Waals surface area contributed by atoms with Gasteiger partial charge in [-0.1, -0.05) is 26.7 Å². The molecule has 0 atom stereocenters. The predicted octanol–water partition coefficient (Wildman–Crippen LogP) is -0.570. The van der Waals surface area contributed by atoms with Gasteiger partial charge in [0.2, 0.25) is 0 Å². The summed E-state index contributed by atoms with van der Waals surface area (Å²) in [6.45, 7) is 6.28. The maximum absolute atomic E-state index is 5.31. The zero-order valence-corrected chi connectivity index (χ0v) is 10.1. The van der Waals surface area contributed by atoms with Crippen molar-refractivity contribution in [1.29, 1.82) is 0 Å². The molecule has 11 heavy (non-hydrogen) atoms. The molecule has 0 aliphatic rings. The Morgan fingerprint density at radius 3 is 1.55 bits per heavy atom. The van der Waals surface area contributed by atoms with Gasteiger partial charge in [-0.2, -0.15) is 0 Å². The first-order valence-electron chi connectivity index (χ1n) is 3.99. The Labute approximate surface area is 92.3 Å². The van der Waals surface area contributed by atoms with Gasteiger partial charge in [-0.3, -0.25) is 0 Å². The van der Waals surface area contributed by atoms with Crippen LogP contribution in [0.15, 0.2) is 0 Å². The molecule has 0 amide bonds. The third kappa shape index (κ3) is 18.1. The number of unbranched alkanes of at least 4 members (excludes halogenated alkanes) is 2. The number of ether oxygens (including phenoxy) is 1. The Morgan fingerprint density at radius 2 is 1.27 bits per heavy atom. The minimum atomic E-state index is 0. The standard InChI is InChI=1S/C8H18O.Na.H2O/c1-3-5-7-9-8-6-4-2;;/h3-8H2,1-2H3;;1H2/q;+1;/p-1. The van der Waals surface area contributed by atoms with Crippen LogP contribution in [0.3, 0.4) is 0 Å². The van der Waals surface area contributed by atoms with Gasteiger partial charge in [-0.25, -0.2) is 0 Å². The van der Waals surface area contributed by atoms with E-state index >= 15 is 0 Å². The van der Waals surface area contributed by atoms with Gasteiger partial charge >= 0.3 is 29.6 Å². The van der Waals surface area contributed by atoms with Crippen molar-refractivity contribution in [3.05, 3.63) is 0 Å². The minimum absolute atomic E-state index is 0. The zero-order chi connectivity index (χ0) is 6.95. The number of hydrogen-bond donors (Lipinski definition) is 0. The second kappa shape index (κ2) is 17.1. The molecule has 0 aromatic heterocycles. The molecule has 0 rings (SSSR count). The van der Waals surface area contributed by atoms with Gasteiger partial charge in [0.25, 0.3) is 0 Å². The van der Waals surface area contributed by atoms with Crippen LogP contribution in [0.2, 0.25) is 0 Å². The maximum atomic E-state index is 5.31. The van der Waals surface area contributed by atoms with Gasteiger partial charge in [0.1, 0.15) is 0 Å². The van der Waals surface area contributed by atoms with Crippen molar-refractivity contribution in [3.8, 4) is 0 Å². The molecule has 0 aromatic carbocycles. The summed E-state index contributed by atoms with van der Waals surface area (Å²) in [5.41, 5.74) is 0. The van der Waals surface area contributed by atoms with Crippen molar-refractivity contribution in [2.45, 2.75) is 39.5 Å². The summed E-state index contributed by atoms with van der Waals surface area (Å²) < 4.78 is 5.31. The Kier molecular flexibility index (Phi) is 27.8. The van der Waals surface area contributed by atoms with Crippen molar-refractivity contribution in [2.75, 3.05) is 13.2 Å². The van der Waals surface area contributed by atoms with Crippen molar-refractivity contribution in [3.63, 3.8) is 0 Å². The third-order valence-electron chi connectivity index (χ3n) is 1.28. The Bertz CT molecular complexity index is 45.4. The molecule has 64 valence electrons. The molecule has 2 nitrogen and oxygen atoms in total. The van der Waals surface area contributed by atoms with Crippen molar-refractivity contribution >= 4 is 0 Å². The molecule has 0 saturated heterocycles. The van der Waals surface area contributed by atoms with E-state index in [1.54, 1.807) is 0 Å². The molecule has 0 aliphatic heterocycles. The topological polar surface area (TPSA) is 39.2 Å². The van der Waals surface area contributed by atoms with Gasteiger partial charge in [0.15, 0.2) is 0 Å². The fourth-order valence-electron chi connectivity index (χ4n) is 0.595. The summed E-state index contributed by atoms with van der Waals surface area (Å²) in [6, 6.07) is 0. The molecule has 0 saturated carbocycles. The summed E-state index contributed by atoms with van der Waals surface area (Å²) in [7, 11) is 0. The average molecular weight is 170 g/mol. The van der Waals surface area contributed by atoms with Crippen LogP contribution in [-0.2, 0) is 4.74 Å². The molecular formula is C8H19NaO2. The van der Waals surface area contributed by atoms with E-state index in [-0.39, 0.29) is 35.0 Å². The molecule has 1 N–H and O–H groups in total. The van der Waals surface area contributed by atoms with Gasteiger partial charge < -0.3 is 10.2 Å². The van der Waals surface area contributed by atoms with E-state index in [2.05, 4.69) is 13.8 Å². The third-order valence-corrected chi connectivity index (χ3v) is 1.28. The summed E-state index contributed by atoms with van der Waals surface area (Å²) >= 11 is 0.